The van der Waals surface area contributed by atoms with Crippen LogP contribution in [0.5, 0.6) is 5.75 Å². The Balaban J connectivity index is 1.76. The van der Waals surface area contributed by atoms with Crippen molar-refractivity contribution in [3.8, 4) is 5.75 Å². The molecular weight excluding hydrogens is 258 g/mol. The minimum Gasteiger partial charge on any atom is -0.508 e. The number of hydrogen-bond acceptors (Lipinski definition) is 3. The molecule has 2 saturated heterocycles. The molecule has 3 atom stereocenters. The minimum atomic E-state index is -0.808. The van der Waals surface area contributed by atoms with Gasteiger partial charge in [0.05, 0.1) is 12.3 Å². The van der Waals surface area contributed by atoms with Gasteiger partial charge >= 0.3 is 5.97 Å². The number of carbonyl (C=O) groups is 2. The van der Waals surface area contributed by atoms with Crippen LogP contribution in [0.3, 0.4) is 0 Å². The number of rotatable bonds is 3. The summed E-state index contributed by atoms with van der Waals surface area (Å²) in [5.74, 6) is -1.20. The molecule has 2 aliphatic heterocycles. The summed E-state index contributed by atoms with van der Waals surface area (Å²) in [5.41, 5.74) is 0.593. The fourth-order valence-corrected chi connectivity index (χ4v) is 3.56. The molecule has 0 aromatic heterocycles. The van der Waals surface area contributed by atoms with E-state index in [0.717, 1.165) is 12.8 Å². The smallest absolute Gasteiger partial charge is 0.308 e. The van der Waals surface area contributed by atoms with Crippen LogP contribution >= 0.6 is 0 Å². The lowest BCUT2D eigenvalue weighted by Crippen LogP contribution is -2.38. The highest BCUT2D eigenvalue weighted by molar-refractivity contribution is 5.82. The zero-order chi connectivity index (χ0) is 14.3. The number of aromatic hydroxyl groups is 1. The van der Waals surface area contributed by atoms with Gasteiger partial charge in [-0.15, -0.1) is 0 Å². The van der Waals surface area contributed by atoms with Crippen molar-refractivity contribution >= 4 is 11.9 Å². The van der Waals surface area contributed by atoms with Gasteiger partial charge in [0.15, 0.2) is 0 Å². The third-order valence-electron chi connectivity index (χ3n) is 4.48. The molecule has 1 aromatic rings. The van der Waals surface area contributed by atoms with E-state index in [1.807, 2.05) is 0 Å². The molecule has 1 amide bonds. The zero-order valence-electron chi connectivity index (χ0n) is 11.0. The molecule has 0 spiro atoms. The largest absolute Gasteiger partial charge is 0.508 e. The maximum atomic E-state index is 12.4. The second-order valence-corrected chi connectivity index (χ2v) is 5.59. The molecule has 2 fully saturated rings. The summed E-state index contributed by atoms with van der Waals surface area (Å²) in [4.78, 5) is 25.4. The highest BCUT2D eigenvalue weighted by atomic mass is 16.4. The Labute approximate surface area is 116 Å². The summed E-state index contributed by atoms with van der Waals surface area (Å²) in [6.07, 6.45) is 2.35. The number of fused-ring (bicyclic) bond motifs is 2. The third kappa shape index (κ3) is 2.03. The molecule has 106 valence electrons. The topological polar surface area (TPSA) is 77.8 Å². The van der Waals surface area contributed by atoms with Crippen molar-refractivity contribution in [1.29, 1.82) is 0 Å². The van der Waals surface area contributed by atoms with Crippen molar-refractivity contribution in [2.24, 2.45) is 5.92 Å². The first-order valence-electron chi connectivity index (χ1n) is 6.88. The molecule has 20 heavy (non-hydrogen) atoms. The summed E-state index contributed by atoms with van der Waals surface area (Å²) in [5, 5.41) is 18.9. The first-order valence-corrected chi connectivity index (χ1v) is 6.88. The Morgan fingerprint density at radius 3 is 2.65 bits per heavy atom. The van der Waals surface area contributed by atoms with E-state index in [1.54, 1.807) is 29.2 Å². The van der Waals surface area contributed by atoms with Gasteiger partial charge in [0.1, 0.15) is 5.75 Å². The summed E-state index contributed by atoms with van der Waals surface area (Å²) in [6, 6.07) is 6.65. The second-order valence-electron chi connectivity index (χ2n) is 5.59. The van der Waals surface area contributed by atoms with Crippen LogP contribution in [0.1, 0.15) is 24.8 Å². The monoisotopic (exact) mass is 275 g/mol. The summed E-state index contributed by atoms with van der Waals surface area (Å²) >= 11 is 0. The van der Waals surface area contributed by atoms with Crippen molar-refractivity contribution < 1.29 is 19.8 Å². The van der Waals surface area contributed by atoms with Crippen LogP contribution in [0.25, 0.3) is 0 Å². The average molecular weight is 275 g/mol. The number of para-hydroxylation sites is 1. The minimum absolute atomic E-state index is 0.0551. The van der Waals surface area contributed by atoms with Gasteiger partial charge < -0.3 is 15.1 Å². The normalized spacial score (nSPS) is 27.8. The summed E-state index contributed by atoms with van der Waals surface area (Å²) in [7, 11) is 0. The van der Waals surface area contributed by atoms with Crippen LogP contribution < -0.4 is 0 Å². The van der Waals surface area contributed by atoms with Gasteiger partial charge in [-0.3, -0.25) is 9.59 Å². The molecule has 0 saturated carbocycles. The molecule has 2 N–H and O–H groups in total. The predicted molar refractivity (Wildman–Crippen MR) is 71.2 cm³/mol. The van der Waals surface area contributed by atoms with Crippen molar-refractivity contribution in [2.75, 3.05) is 0 Å². The number of carboxylic acids is 1. The molecule has 2 bridgehead atoms. The van der Waals surface area contributed by atoms with Crippen LogP contribution in [0.2, 0.25) is 0 Å². The molecule has 3 unspecified atom stereocenters. The molecule has 2 aliphatic rings. The first-order chi connectivity index (χ1) is 9.58. The van der Waals surface area contributed by atoms with Gasteiger partial charge in [0.25, 0.3) is 0 Å². The van der Waals surface area contributed by atoms with Crippen LogP contribution in [0, 0.1) is 5.92 Å². The number of phenols is 1. The molecule has 0 radical (unpaired) electrons. The number of aliphatic carboxylic acids is 1. The lowest BCUT2D eigenvalue weighted by Gasteiger charge is -2.23. The molecule has 5 heteroatoms. The fraction of sp³-hybridized carbons (Fsp3) is 0.467. The van der Waals surface area contributed by atoms with Gasteiger partial charge in [0.2, 0.25) is 5.91 Å². The molecule has 5 nitrogen and oxygen atoms in total. The van der Waals surface area contributed by atoms with Crippen molar-refractivity contribution in [3.05, 3.63) is 29.8 Å². The van der Waals surface area contributed by atoms with Gasteiger partial charge in [-0.05, 0) is 25.3 Å². The van der Waals surface area contributed by atoms with Gasteiger partial charge in [-0.2, -0.15) is 0 Å². The lowest BCUT2D eigenvalue weighted by atomic mass is 9.89. The van der Waals surface area contributed by atoms with Crippen molar-refractivity contribution in [2.45, 2.75) is 37.8 Å². The molecule has 1 aromatic carbocycles. The van der Waals surface area contributed by atoms with Crippen molar-refractivity contribution in [3.63, 3.8) is 0 Å². The van der Waals surface area contributed by atoms with E-state index in [-0.39, 0.29) is 30.2 Å². The van der Waals surface area contributed by atoms with Crippen LogP contribution in [-0.4, -0.2) is 39.1 Å². The number of carboxylic acid groups (broad SMARTS) is 1. The Morgan fingerprint density at radius 2 is 2.00 bits per heavy atom. The predicted octanol–water partition coefficient (Wildman–Crippen LogP) is 1.40. The molecular formula is C15H17NO4. The van der Waals surface area contributed by atoms with Gasteiger partial charge in [-0.25, -0.2) is 0 Å². The van der Waals surface area contributed by atoms with E-state index >= 15 is 0 Å². The number of phenolic OH excluding ortho intramolecular Hbond substituents is 1. The van der Waals surface area contributed by atoms with E-state index in [4.69, 9.17) is 0 Å². The SMILES string of the molecule is O=C(O)C1CC2CCC1N2C(=O)Cc1ccccc1O. The summed E-state index contributed by atoms with van der Waals surface area (Å²) in [6.45, 7) is 0. The number of nitrogens with zero attached hydrogens (tertiary/aromatic N) is 1. The second kappa shape index (κ2) is 4.81. The van der Waals surface area contributed by atoms with E-state index < -0.39 is 11.9 Å². The average Bonchev–Trinajstić information content (AvgIpc) is 2.99. The van der Waals surface area contributed by atoms with Gasteiger partial charge in [-0.1, -0.05) is 18.2 Å². The van der Waals surface area contributed by atoms with Gasteiger partial charge in [0, 0.05) is 17.6 Å². The fourth-order valence-electron chi connectivity index (χ4n) is 3.56. The quantitative estimate of drug-likeness (QED) is 0.874. The highest BCUT2D eigenvalue weighted by Gasteiger charge is 2.51. The Kier molecular flexibility index (Phi) is 3.12. The molecule has 0 aliphatic carbocycles. The Morgan fingerprint density at radius 1 is 1.25 bits per heavy atom. The third-order valence-corrected chi connectivity index (χ3v) is 4.48. The highest BCUT2D eigenvalue weighted by Crippen LogP contribution is 2.42. The van der Waals surface area contributed by atoms with Crippen LogP contribution in [-0.2, 0) is 16.0 Å². The number of carbonyl (C=O) groups excluding carboxylic acids is 1. The maximum Gasteiger partial charge on any atom is 0.308 e. The number of benzene rings is 1. The maximum absolute atomic E-state index is 12.4. The van der Waals surface area contributed by atoms with E-state index in [0.29, 0.717) is 12.0 Å². The van der Waals surface area contributed by atoms with E-state index in [9.17, 15) is 19.8 Å². The first kappa shape index (κ1) is 13.0. The Bertz CT molecular complexity index is 557. The van der Waals surface area contributed by atoms with Crippen molar-refractivity contribution in [1.82, 2.24) is 4.90 Å². The lowest BCUT2D eigenvalue weighted by molar-refractivity contribution is -0.143. The molecule has 3 rings (SSSR count). The van der Waals surface area contributed by atoms with E-state index in [1.165, 1.54) is 0 Å². The van der Waals surface area contributed by atoms with Crippen LogP contribution in [0.4, 0.5) is 0 Å². The standard InChI is InChI=1S/C15H17NO4/c17-13-4-2-1-3-9(13)7-14(18)16-10-5-6-12(16)11(8-10)15(19)20/h1-4,10-12,17H,5-8H2,(H,19,20). The summed E-state index contributed by atoms with van der Waals surface area (Å²) < 4.78 is 0. The number of hydrogen-bond donors (Lipinski definition) is 2. The molecule has 2 heterocycles. The van der Waals surface area contributed by atoms with Crippen LogP contribution in [0.15, 0.2) is 24.3 Å². The zero-order valence-corrected chi connectivity index (χ0v) is 11.0. The van der Waals surface area contributed by atoms with E-state index in [2.05, 4.69) is 0 Å². The number of amides is 1. The Hall–Kier alpha value is -2.04.